The van der Waals surface area contributed by atoms with Crippen LogP contribution in [0.1, 0.15) is 10.4 Å². The van der Waals surface area contributed by atoms with Crippen LogP contribution < -0.4 is 25.9 Å². The summed E-state index contributed by atoms with van der Waals surface area (Å²) in [4.78, 5) is 12.4. The van der Waals surface area contributed by atoms with Gasteiger partial charge in [0.2, 0.25) is 5.71 Å². The Morgan fingerprint density at radius 2 is 1.74 bits per heavy atom. The van der Waals surface area contributed by atoms with Gasteiger partial charge >= 0.3 is 0 Å². The van der Waals surface area contributed by atoms with E-state index in [1.54, 1.807) is 36.4 Å². The van der Waals surface area contributed by atoms with Gasteiger partial charge in [-0.25, -0.2) is 0 Å². The van der Waals surface area contributed by atoms with Gasteiger partial charge in [-0.1, -0.05) is 18.2 Å². The fraction of sp³-hybridized carbons (Fsp3) is 0.111. The molecule has 27 heavy (non-hydrogen) atoms. The normalized spacial score (nSPS) is 10.5. The van der Waals surface area contributed by atoms with Gasteiger partial charge in [-0.05, 0) is 12.1 Å². The molecule has 0 aromatic heterocycles. The first kappa shape index (κ1) is 19.3. The largest absolute Gasteiger partial charge is 0.494 e. The number of hydrogen-bond acceptors (Lipinski definition) is 7. The van der Waals surface area contributed by atoms with E-state index in [2.05, 4.69) is 15.8 Å². The number of nitrogens with zero attached hydrogens (tertiary/aromatic N) is 2. The van der Waals surface area contributed by atoms with Gasteiger partial charge in [-0.15, -0.1) is 0 Å². The van der Waals surface area contributed by atoms with Crippen molar-refractivity contribution in [2.45, 2.75) is 0 Å². The molecule has 0 fully saturated rings. The molecular weight excluding hydrogens is 348 g/mol. The highest BCUT2D eigenvalue weighted by Gasteiger charge is 2.15. The van der Waals surface area contributed by atoms with Gasteiger partial charge in [0.25, 0.3) is 5.91 Å². The molecule has 0 spiro atoms. The number of hydrogen-bond donors (Lipinski definition) is 4. The van der Waals surface area contributed by atoms with Crippen LogP contribution in [0.4, 0.5) is 11.4 Å². The maximum Gasteiger partial charge on any atom is 0.255 e. The first-order valence-electron chi connectivity index (χ1n) is 7.70. The summed E-state index contributed by atoms with van der Waals surface area (Å²) >= 11 is 0. The number of amides is 1. The quantitative estimate of drug-likeness (QED) is 0.336. The summed E-state index contributed by atoms with van der Waals surface area (Å²) < 4.78 is 10.6. The number of nitrogens with one attached hydrogen (secondary N) is 3. The number of amidine groups is 1. The second kappa shape index (κ2) is 8.87. The fourth-order valence-electron chi connectivity index (χ4n) is 2.13. The minimum absolute atomic E-state index is 0.280. The van der Waals surface area contributed by atoms with Crippen LogP contribution in [0.25, 0.3) is 0 Å². The zero-order valence-electron chi connectivity index (χ0n) is 14.7. The first-order valence-corrected chi connectivity index (χ1v) is 7.70. The van der Waals surface area contributed by atoms with Gasteiger partial charge in [0, 0.05) is 17.7 Å². The van der Waals surface area contributed by atoms with Crippen molar-refractivity contribution >= 4 is 28.8 Å². The zero-order chi connectivity index (χ0) is 19.8. The number of carbonyl (C=O) groups is 1. The van der Waals surface area contributed by atoms with E-state index < -0.39 is 5.84 Å². The molecule has 0 aliphatic rings. The highest BCUT2D eigenvalue weighted by Crippen LogP contribution is 2.36. The van der Waals surface area contributed by atoms with E-state index in [4.69, 9.17) is 25.9 Å². The third-order valence-corrected chi connectivity index (χ3v) is 3.45. The maximum absolute atomic E-state index is 12.4. The van der Waals surface area contributed by atoms with Gasteiger partial charge in [0.05, 0.1) is 19.9 Å². The number of anilines is 2. The lowest BCUT2D eigenvalue weighted by molar-refractivity contribution is 0.102. The predicted octanol–water partition coefficient (Wildman–Crippen LogP) is 2.18. The standard InChI is InChI=1S/C18H18N6O3/c1-26-15-9-13(23-24-14(10-19)17(20)21)16(27-2)8-12(15)22-18(25)11-6-4-3-5-7-11/h3-9,23H,1-2H3,(H3,20,21)(H,22,25)/b24-14+. The summed E-state index contributed by atoms with van der Waals surface area (Å²) in [6.45, 7) is 0. The number of methoxy groups -OCH3 is 2. The van der Waals surface area contributed by atoms with E-state index >= 15 is 0 Å². The summed E-state index contributed by atoms with van der Waals surface area (Å²) in [6.07, 6.45) is 0. The first-order chi connectivity index (χ1) is 13.0. The van der Waals surface area contributed by atoms with Crippen molar-refractivity contribution in [3.05, 3.63) is 48.0 Å². The lowest BCUT2D eigenvalue weighted by Gasteiger charge is -2.15. The third kappa shape index (κ3) is 4.73. The molecule has 0 aliphatic heterocycles. The molecule has 0 saturated heterocycles. The Kier molecular flexibility index (Phi) is 6.33. The molecule has 2 aromatic rings. The van der Waals surface area contributed by atoms with Crippen molar-refractivity contribution < 1.29 is 14.3 Å². The van der Waals surface area contributed by atoms with Crippen LogP contribution in [0.5, 0.6) is 11.5 Å². The lowest BCUT2D eigenvalue weighted by Crippen LogP contribution is -2.22. The monoisotopic (exact) mass is 366 g/mol. The molecule has 0 aliphatic carbocycles. The maximum atomic E-state index is 12.4. The predicted molar refractivity (Wildman–Crippen MR) is 103 cm³/mol. The molecule has 0 bridgehead atoms. The average Bonchev–Trinajstić information content (AvgIpc) is 2.69. The summed E-state index contributed by atoms with van der Waals surface area (Å²) in [5.41, 5.74) is 8.84. The minimum Gasteiger partial charge on any atom is -0.494 e. The second-order valence-electron chi connectivity index (χ2n) is 5.17. The van der Waals surface area contributed by atoms with Gasteiger partial charge in [-0.2, -0.15) is 10.4 Å². The Balaban J connectivity index is 2.34. The van der Waals surface area contributed by atoms with Crippen LogP contribution in [-0.2, 0) is 0 Å². The van der Waals surface area contributed by atoms with Crippen molar-refractivity contribution in [2.75, 3.05) is 25.0 Å². The van der Waals surface area contributed by atoms with E-state index in [9.17, 15) is 4.79 Å². The van der Waals surface area contributed by atoms with Crippen molar-refractivity contribution in [1.29, 1.82) is 10.7 Å². The molecule has 1 amide bonds. The van der Waals surface area contributed by atoms with Gasteiger partial charge in [0.15, 0.2) is 5.84 Å². The fourth-order valence-corrected chi connectivity index (χ4v) is 2.13. The molecule has 138 valence electrons. The molecule has 2 rings (SSSR count). The van der Waals surface area contributed by atoms with E-state index in [1.807, 2.05) is 6.07 Å². The van der Waals surface area contributed by atoms with Crippen molar-refractivity contribution in [1.82, 2.24) is 0 Å². The van der Waals surface area contributed by atoms with Crippen LogP contribution in [-0.4, -0.2) is 31.7 Å². The average molecular weight is 366 g/mol. The molecule has 0 atom stereocenters. The van der Waals surface area contributed by atoms with Gasteiger partial charge in [-0.3, -0.25) is 15.6 Å². The summed E-state index contributed by atoms with van der Waals surface area (Å²) in [6, 6.07) is 13.5. The van der Waals surface area contributed by atoms with Crippen molar-refractivity contribution in [3.8, 4) is 17.6 Å². The molecule has 0 radical (unpaired) electrons. The van der Waals surface area contributed by atoms with E-state index in [0.717, 1.165) is 0 Å². The van der Waals surface area contributed by atoms with E-state index in [-0.39, 0.29) is 11.6 Å². The Morgan fingerprint density at radius 1 is 1.15 bits per heavy atom. The van der Waals surface area contributed by atoms with Crippen LogP contribution in [0.15, 0.2) is 47.6 Å². The summed E-state index contributed by atoms with van der Waals surface area (Å²) in [7, 11) is 2.89. The SMILES string of the molecule is COc1cc(NC(=O)c2ccccc2)c(OC)cc1N/N=C(\C#N)C(=N)N. The Morgan fingerprint density at radius 3 is 2.30 bits per heavy atom. The number of ether oxygens (including phenoxy) is 2. The summed E-state index contributed by atoms with van der Waals surface area (Å²) in [5.74, 6) is -0.0939. The number of benzene rings is 2. The number of rotatable bonds is 7. The number of nitriles is 1. The smallest absolute Gasteiger partial charge is 0.255 e. The molecule has 9 heteroatoms. The number of hydrazone groups is 1. The van der Waals surface area contributed by atoms with Gasteiger partial charge < -0.3 is 20.5 Å². The summed E-state index contributed by atoms with van der Waals surface area (Å²) in [5, 5.41) is 22.7. The Bertz CT molecular complexity index is 919. The van der Waals surface area contributed by atoms with E-state index in [1.165, 1.54) is 20.3 Å². The molecule has 0 unspecified atom stereocenters. The molecule has 5 N–H and O–H groups in total. The molecular formula is C18H18N6O3. The molecule has 2 aromatic carbocycles. The third-order valence-electron chi connectivity index (χ3n) is 3.45. The van der Waals surface area contributed by atoms with Crippen molar-refractivity contribution in [2.24, 2.45) is 10.8 Å². The highest BCUT2D eigenvalue weighted by atomic mass is 16.5. The number of nitrogens with two attached hydrogens (primary N) is 1. The molecule has 0 heterocycles. The topological polar surface area (TPSA) is 146 Å². The highest BCUT2D eigenvalue weighted by molar-refractivity contribution is 6.45. The van der Waals surface area contributed by atoms with Crippen LogP contribution >= 0.6 is 0 Å². The Hall–Kier alpha value is -4.06. The Labute approximate surface area is 155 Å². The molecule has 9 nitrogen and oxygen atoms in total. The minimum atomic E-state index is -0.470. The number of carbonyl (C=O) groups excluding carboxylic acids is 1. The lowest BCUT2D eigenvalue weighted by atomic mass is 10.2. The van der Waals surface area contributed by atoms with E-state index in [0.29, 0.717) is 28.4 Å². The van der Waals surface area contributed by atoms with Crippen molar-refractivity contribution in [3.63, 3.8) is 0 Å². The van der Waals surface area contributed by atoms with Gasteiger partial charge in [0.1, 0.15) is 23.3 Å². The van der Waals surface area contributed by atoms with Crippen LogP contribution in [0.2, 0.25) is 0 Å². The molecule has 0 saturated carbocycles. The zero-order valence-corrected chi connectivity index (χ0v) is 14.7. The second-order valence-corrected chi connectivity index (χ2v) is 5.17. The van der Waals surface area contributed by atoms with Crippen LogP contribution in [0.3, 0.4) is 0 Å². The van der Waals surface area contributed by atoms with Crippen LogP contribution in [0, 0.1) is 16.7 Å².